The van der Waals surface area contributed by atoms with Gasteiger partial charge in [-0.25, -0.2) is 8.42 Å². The average Bonchev–Trinajstić information content (AvgIpc) is 2.15. The summed E-state index contributed by atoms with van der Waals surface area (Å²) in [6.07, 6.45) is 0.620. The molecule has 6 heteroatoms. The molecule has 1 N–H and O–H groups in total. The lowest BCUT2D eigenvalue weighted by atomic mass is 10.1. The van der Waals surface area contributed by atoms with E-state index in [0.29, 0.717) is 16.3 Å². The topological polar surface area (TPSA) is 54.4 Å². The summed E-state index contributed by atoms with van der Waals surface area (Å²) in [5.41, 5.74) is 0.680. The van der Waals surface area contributed by atoms with E-state index in [0.717, 1.165) is 4.90 Å². The number of sulfone groups is 1. The Morgan fingerprint density at radius 1 is 1.47 bits per heavy atom. The van der Waals surface area contributed by atoms with Crippen LogP contribution in [-0.4, -0.2) is 31.3 Å². The number of rotatable bonds is 5. The third-order valence-electron chi connectivity index (χ3n) is 2.14. The molecule has 0 saturated heterocycles. The van der Waals surface area contributed by atoms with Crippen molar-refractivity contribution < 1.29 is 13.5 Å². The molecular formula is C11H15ClO3S2. The van der Waals surface area contributed by atoms with E-state index in [1.807, 2.05) is 6.07 Å². The van der Waals surface area contributed by atoms with Crippen molar-refractivity contribution in [1.29, 1.82) is 0 Å². The highest BCUT2D eigenvalue weighted by molar-refractivity contribution is 8.00. The van der Waals surface area contributed by atoms with E-state index in [-0.39, 0.29) is 5.75 Å². The Hall–Kier alpha value is -0.230. The summed E-state index contributed by atoms with van der Waals surface area (Å²) in [7, 11) is -2.92. The Labute approximate surface area is 111 Å². The zero-order valence-electron chi connectivity index (χ0n) is 9.68. The van der Waals surface area contributed by atoms with Crippen LogP contribution in [0.15, 0.2) is 23.1 Å². The smallest absolute Gasteiger partial charge is 0.148 e. The lowest BCUT2D eigenvalue weighted by Crippen LogP contribution is -2.04. The van der Waals surface area contributed by atoms with Crippen LogP contribution in [-0.2, 0) is 9.84 Å². The molecule has 0 saturated carbocycles. The first kappa shape index (κ1) is 14.8. The maximum atomic E-state index is 11.0. The summed E-state index contributed by atoms with van der Waals surface area (Å²) in [6, 6.07) is 5.34. The zero-order valence-corrected chi connectivity index (χ0v) is 12.1. The maximum Gasteiger partial charge on any atom is 0.148 e. The largest absolute Gasteiger partial charge is 0.389 e. The lowest BCUT2D eigenvalue weighted by molar-refractivity contribution is 0.199. The predicted molar refractivity (Wildman–Crippen MR) is 72.5 cm³/mol. The standard InChI is InChI=1S/C11H15ClO3S2/c1-8(13)10-4-3-9(7-11(10)12)16-5-6-17(2,14)15/h3-4,7-8,13H,5-6H2,1-2H3. The SMILES string of the molecule is CC(O)c1ccc(SCCS(C)(=O)=O)cc1Cl. The molecular weight excluding hydrogens is 280 g/mol. The maximum absolute atomic E-state index is 11.0. The third-order valence-corrected chi connectivity index (χ3v) is 4.67. The number of aliphatic hydroxyl groups is 1. The minimum absolute atomic E-state index is 0.146. The van der Waals surface area contributed by atoms with Gasteiger partial charge >= 0.3 is 0 Å². The number of benzene rings is 1. The lowest BCUT2D eigenvalue weighted by Gasteiger charge is -2.09. The zero-order chi connectivity index (χ0) is 13.1. The molecule has 0 aliphatic heterocycles. The monoisotopic (exact) mass is 294 g/mol. The van der Waals surface area contributed by atoms with Gasteiger partial charge in [0.05, 0.1) is 11.9 Å². The van der Waals surface area contributed by atoms with Gasteiger partial charge in [0.1, 0.15) is 9.84 Å². The Morgan fingerprint density at radius 2 is 2.12 bits per heavy atom. The van der Waals surface area contributed by atoms with Crippen molar-refractivity contribution >= 4 is 33.2 Å². The summed E-state index contributed by atoms with van der Waals surface area (Å²) in [4.78, 5) is 0.906. The van der Waals surface area contributed by atoms with Gasteiger partial charge in [-0.3, -0.25) is 0 Å². The van der Waals surface area contributed by atoms with Gasteiger partial charge in [-0.15, -0.1) is 11.8 Å². The molecule has 0 radical (unpaired) electrons. The van der Waals surface area contributed by atoms with Crippen LogP contribution >= 0.6 is 23.4 Å². The molecule has 0 aliphatic rings. The van der Waals surface area contributed by atoms with E-state index in [1.165, 1.54) is 18.0 Å². The van der Waals surface area contributed by atoms with Gasteiger partial charge in [0.15, 0.2) is 0 Å². The summed E-state index contributed by atoms with van der Waals surface area (Å²) in [6.45, 7) is 1.65. The van der Waals surface area contributed by atoms with Gasteiger partial charge in [0, 0.05) is 21.9 Å². The van der Waals surface area contributed by atoms with Crippen LogP contribution < -0.4 is 0 Å². The highest BCUT2D eigenvalue weighted by Crippen LogP contribution is 2.28. The number of hydrogen-bond donors (Lipinski definition) is 1. The van der Waals surface area contributed by atoms with Crippen molar-refractivity contribution in [2.45, 2.75) is 17.9 Å². The normalized spacial score (nSPS) is 13.6. The van der Waals surface area contributed by atoms with Crippen LogP contribution in [0.1, 0.15) is 18.6 Å². The van der Waals surface area contributed by atoms with Crippen molar-refractivity contribution in [3.05, 3.63) is 28.8 Å². The summed E-state index contributed by atoms with van der Waals surface area (Å²) >= 11 is 7.44. The van der Waals surface area contributed by atoms with Gasteiger partial charge in [-0.2, -0.15) is 0 Å². The van der Waals surface area contributed by atoms with Crippen LogP contribution in [0.4, 0.5) is 0 Å². The van der Waals surface area contributed by atoms with Gasteiger partial charge in [-0.05, 0) is 24.6 Å². The number of halogens is 1. The average molecular weight is 295 g/mol. The minimum atomic E-state index is -2.92. The number of hydrogen-bond acceptors (Lipinski definition) is 4. The van der Waals surface area contributed by atoms with Crippen molar-refractivity contribution in [2.75, 3.05) is 17.8 Å². The predicted octanol–water partition coefficient (Wildman–Crippen LogP) is 2.53. The summed E-state index contributed by atoms with van der Waals surface area (Å²) in [5, 5.41) is 9.91. The summed E-state index contributed by atoms with van der Waals surface area (Å²) in [5.74, 6) is 0.649. The van der Waals surface area contributed by atoms with E-state index in [4.69, 9.17) is 11.6 Å². The molecule has 1 aromatic rings. The molecule has 0 heterocycles. The molecule has 0 bridgehead atoms. The quantitative estimate of drug-likeness (QED) is 0.848. The van der Waals surface area contributed by atoms with Gasteiger partial charge in [0.2, 0.25) is 0 Å². The Kier molecular flexibility index (Phi) is 5.31. The molecule has 3 nitrogen and oxygen atoms in total. The number of aliphatic hydroxyl groups excluding tert-OH is 1. The molecule has 1 rings (SSSR count). The van der Waals surface area contributed by atoms with Crippen LogP contribution in [0.25, 0.3) is 0 Å². The van der Waals surface area contributed by atoms with E-state index in [2.05, 4.69) is 0 Å². The first-order valence-electron chi connectivity index (χ1n) is 5.07. The second kappa shape index (κ2) is 6.09. The van der Waals surface area contributed by atoms with Crippen LogP contribution in [0, 0.1) is 0 Å². The van der Waals surface area contributed by atoms with E-state index >= 15 is 0 Å². The van der Waals surface area contributed by atoms with E-state index < -0.39 is 15.9 Å². The van der Waals surface area contributed by atoms with Crippen molar-refractivity contribution in [3.8, 4) is 0 Å². The molecule has 0 aromatic heterocycles. The molecule has 17 heavy (non-hydrogen) atoms. The molecule has 96 valence electrons. The molecule has 0 amide bonds. The molecule has 1 aromatic carbocycles. The molecule has 1 unspecified atom stereocenters. The fourth-order valence-corrected chi connectivity index (χ4v) is 3.80. The highest BCUT2D eigenvalue weighted by Gasteiger charge is 2.08. The second-order valence-corrected chi connectivity index (χ2v) is 7.67. The third kappa shape index (κ3) is 5.29. The molecule has 0 spiro atoms. The van der Waals surface area contributed by atoms with Crippen LogP contribution in [0.5, 0.6) is 0 Å². The second-order valence-electron chi connectivity index (χ2n) is 3.84. The number of thioether (sulfide) groups is 1. The van der Waals surface area contributed by atoms with Crippen LogP contribution in [0.2, 0.25) is 5.02 Å². The first-order valence-corrected chi connectivity index (χ1v) is 8.50. The Balaban J connectivity index is 2.65. The summed E-state index contributed by atoms with van der Waals surface area (Å²) < 4.78 is 21.9. The van der Waals surface area contributed by atoms with E-state index in [1.54, 1.807) is 19.1 Å². The first-order chi connectivity index (χ1) is 7.79. The van der Waals surface area contributed by atoms with Gasteiger partial charge in [0.25, 0.3) is 0 Å². The minimum Gasteiger partial charge on any atom is -0.389 e. The van der Waals surface area contributed by atoms with E-state index in [9.17, 15) is 13.5 Å². The highest BCUT2D eigenvalue weighted by atomic mass is 35.5. The molecule has 0 aliphatic carbocycles. The molecule has 0 fully saturated rings. The fourth-order valence-electron chi connectivity index (χ4n) is 1.25. The Bertz CT molecular complexity index is 483. The van der Waals surface area contributed by atoms with Crippen molar-refractivity contribution in [2.24, 2.45) is 0 Å². The van der Waals surface area contributed by atoms with Crippen molar-refractivity contribution in [3.63, 3.8) is 0 Å². The Morgan fingerprint density at radius 3 is 2.59 bits per heavy atom. The van der Waals surface area contributed by atoms with Crippen LogP contribution in [0.3, 0.4) is 0 Å². The van der Waals surface area contributed by atoms with Crippen molar-refractivity contribution in [1.82, 2.24) is 0 Å². The van der Waals surface area contributed by atoms with Gasteiger partial charge < -0.3 is 5.11 Å². The van der Waals surface area contributed by atoms with Gasteiger partial charge in [-0.1, -0.05) is 17.7 Å². The molecule has 1 atom stereocenters. The fraction of sp³-hybridized carbons (Fsp3) is 0.455.